The molecule has 0 atom stereocenters. The average Bonchev–Trinajstić information content (AvgIpc) is 3.06. The van der Waals surface area contributed by atoms with Gasteiger partial charge in [0, 0.05) is 24.2 Å². The van der Waals surface area contributed by atoms with Crippen LogP contribution < -0.4 is 0 Å². The molecule has 2 heterocycles. The average molecular weight is 342 g/mol. The number of oxazole rings is 1. The van der Waals surface area contributed by atoms with E-state index < -0.39 is 0 Å². The van der Waals surface area contributed by atoms with E-state index in [9.17, 15) is 0 Å². The summed E-state index contributed by atoms with van der Waals surface area (Å²) in [6, 6.07) is 17.0. The molecule has 0 amide bonds. The molecule has 3 heteroatoms. The highest BCUT2D eigenvalue weighted by molar-refractivity contribution is 5.91. The van der Waals surface area contributed by atoms with Crippen LogP contribution in [0.15, 0.2) is 65.3 Å². The SMILES string of the molecule is Cc1ncc(-c2ccnc(-c3cc(C(C)(C)C)c4ccccc4c3)c2)o1. The zero-order chi connectivity index (χ0) is 18.3. The van der Waals surface area contributed by atoms with Crippen molar-refractivity contribution in [2.75, 3.05) is 0 Å². The summed E-state index contributed by atoms with van der Waals surface area (Å²) >= 11 is 0. The molecule has 0 fully saturated rings. The van der Waals surface area contributed by atoms with Crippen LogP contribution in [0.4, 0.5) is 0 Å². The van der Waals surface area contributed by atoms with Crippen LogP contribution in [-0.2, 0) is 5.41 Å². The van der Waals surface area contributed by atoms with Gasteiger partial charge in [0.05, 0.1) is 11.9 Å². The van der Waals surface area contributed by atoms with Gasteiger partial charge in [-0.2, -0.15) is 0 Å². The van der Waals surface area contributed by atoms with Crippen molar-refractivity contribution in [3.8, 4) is 22.6 Å². The molecule has 0 aliphatic carbocycles. The Morgan fingerprint density at radius 2 is 1.69 bits per heavy atom. The van der Waals surface area contributed by atoms with Gasteiger partial charge in [-0.05, 0) is 46.0 Å². The standard InChI is InChI=1S/C23H22N2O/c1-15-25-14-22(26-15)17-9-10-24-21(13-17)18-11-16-7-5-6-8-19(16)20(12-18)23(2,3)4/h5-14H,1-4H3. The Balaban J connectivity index is 1.90. The van der Waals surface area contributed by atoms with E-state index in [0.717, 1.165) is 22.6 Å². The van der Waals surface area contributed by atoms with Crippen molar-refractivity contribution in [2.45, 2.75) is 33.1 Å². The molecular formula is C23H22N2O. The molecule has 0 saturated heterocycles. The van der Waals surface area contributed by atoms with Crippen molar-refractivity contribution in [2.24, 2.45) is 0 Å². The molecule has 4 rings (SSSR count). The monoisotopic (exact) mass is 342 g/mol. The highest BCUT2D eigenvalue weighted by Crippen LogP contribution is 2.35. The molecular weight excluding hydrogens is 320 g/mol. The Kier molecular flexibility index (Phi) is 3.87. The van der Waals surface area contributed by atoms with E-state index >= 15 is 0 Å². The molecule has 4 aromatic rings. The van der Waals surface area contributed by atoms with Crippen LogP contribution in [0.5, 0.6) is 0 Å². The lowest BCUT2D eigenvalue weighted by Gasteiger charge is -2.22. The molecule has 0 saturated carbocycles. The van der Waals surface area contributed by atoms with Gasteiger partial charge in [-0.1, -0.05) is 45.0 Å². The molecule has 26 heavy (non-hydrogen) atoms. The second kappa shape index (κ2) is 6.10. The Morgan fingerprint density at radius 1 is 0.885 bits per heavy atom. The van der Waals surface area contributed by atoms with E-state index in [-0.39, 0.29) is 5.41 Å². The van der Waals surface area contributed by atoms with Crippen molar-refractivity contribution in [1.29, 1.82) is 0 Å². The highest BCUT2D eigenvalue weighted by atomic mass is 16.4. The molecule has 2 aromatic heterocycles. The van der Waals surface area contributed by atoms with Crippen molar-refractivity contribution in [3.05, 3.63) is 72.4 Å². The first kappa shape index (κ1) is 16.5. The van der Waals surface area contributed by atoms with Crippen LogP contribution in [0, 0.1) is 6.92 Å². The van der Waals surface area contributed by atoms with Crippen LogP contribution in [0.1, 0.15) is 32.2 Å². The fraction of sp³-hybridized carbons (Fsp3) is 0.217. The zero-order valence-electron chi connectivity index (χ0n) is 15.6. The number of pyridine rings is 1. The maximum Gasteiger partial charge on any atom is 0.191 e. The minimum atomic E-state index is 0.0509. The van der Waals surface area contributed by atoms with Crippen LogP contribution in [0.25, 0.3) is 33.4 Å². The van der Waals surface area contributed by atoms with E-state index in [1.54, 1.807) is 6.20 Å². The molecule has 3 nitrogen and oxygen atoms in total. The maximum absolute atomic E-state index is 5.67. The fourth-order valence-corrected chi connectivity index (χ4v) is 3.32. The summed E-state index contributed by atoms with van der Waals surface area (Å²) in [6.45, 7) is 8.60. The maximum atomic E-state index is 5.67. The summed E-state index contributed by atoms with van der Waals surface area (Å²) in [5.74, 6) is 1.43. The molecule has 0 aliphatic heterocycles. The van der Waals surface area contributed by atoms with Gasteiger partial charge in [-0.3, -0.25) is 4.98 Å². The molecule has 0 radical (unpaired) electrons. The first-order chi connectivity index (χ1) is 12.4. The number of hydrogen-bond acceptors (Lipinski definition) is 3. The van der Waals surface area contributed by atoms with E-state index in [1.165, 1.54) is 16.3 Å². The van der Waals surface area contributed by atoms with E-state index in [1.807, 2.05) is 19.2 Å². The Morgan fingerprint density at radius 3 is 2.42 bits per heavy atom. The molecule has 130 valence electrons. The van der Waals surface area contributed by atoms with Crippen molar-refractivity contribution < 1.29 is 4.42 Å². The third-order valence-electron chi connectivity index (χ3n) is 4.63. The number of aromatic nitrogens is 2. The molecule has 0 spiro atoms. The summed E-state index contributed by atoms with van der Waals surface area (Å²) in [4.78, 5) is 8.81. The fourth-order valence-electron chi connectivity index (χ4n) is 3.32. The van der Waals surface area contributed by atoms with Crippen LogP contribution in [0.2, 0.25) is 0 Å². The van der Waals surface area contributed by atoms with Gasteiger partial charge in [0.25, 0.3) is 0 Å². The lowest BCUT2D eigenvalue weighted by molar-refractivity contribution is 0.534. The number of aryl methyl sites for hydroxylation is 1. The quantitative estimate of drug-likeness (QED) is 0.438. The molecule has 0 N–H and O–H groups in total. The Hall–Kier alpha value is -2.94. The summed E-state index contributed by atoms with van der Waals surface area (Å²) in [7, 11) is 0. The van der Waals surface area contributed by atoms with Gasteiger partial charge in [0.15, 0.2) is 11.7 Å². The summed E-state index contributed by atoms with van der Waals surface area (Å²) in [6.07, 6.45) is 3.59. The first-order valence-electron chi connectivity index (χ1n) is 8.84. The minimum absolute atomic E-state index is 0.0509. The predicted molar refractivity (Wildman–Crippen MR) is 106 cm³/mol. The van der Waals surface area contributed by atoms with Gasteiger partial charge in [-0.15, -0.1) is 0 Å². The van der Waals surface area contributed by atoms with Crippen LogP contribution in [0.3, 0.4) is 0 Å². The third-order valence-corrected chi connectivity index (χ3v) is 4.63. The smallest absolute Gasteiger partial charge is 0.191 e. The Bertz CT molecular complexity index is 1090. The zero-order valence-corrected chi connectivity index (χ0v) is 15.6. The highest BCUT2D eigenvalue weighted by Gasteiger charge is 2.18. The number of fused-ring (bicyclic) bond motifs is 1. The summed E-state index contributed by atoms with van der Waals surface area (Å²) < 4.78 is 5.67. The number of nitrogens with zero attached hydrogens (tertiary/aromatic N) is 2. The second-order valence-corrected chi connectivity index (χ2v) is 7.67. The number of benzene rings is 2. The minimum Gasteiger partial charge on any atom is -0.441 e. The molecule has 2 aromatic carbocycles. The van der Waals surface area contributed by atoms with Crippen molar-refractivity contribution in [1.82, 2.24) is 9.97 Å². The molecule has 0 aliphatic rings. The number of hydrogen-bond donors (Lipinski definition) is 0. The first-order valence-corrected chi connectivity index (χ1v) is 8.84. The predicted octanol–water partition coefficient (Wildman–Crippen LogP) is 6.16. The van der Waals surface area contributed by atoms with Gasteiger partial charge < -0.3 is 4.42 Å². The second-order valence-electron chi connectivity index (χ2n) is 7.67. The molecule has 0 unspecified atom stereocenters. The largest absolute Gasteiger partial charge is 0.441 e. The summed E-state index contributed by atoms with van der Waals surface area (Å²) in [5.41, 5.74) is 4.42. The molecule has 0 bridgehead atoms. The number of rotatable bonds is 2. The van der Waals surface area contributed by atoms with Gasteiger partial charge in [0.2, 0.25) is 0 Å². The van der Waals surface area contributed by atoms with Crippen LogP contribution in [-0.4, -0.2) is 9.97 Å². The van der Waals surface area contributed by atoms with E-state index in [0.29, 0.717) is 5.89 Å². The lowest BCUT2D eigenvalue weighted by Crippen LogP contribution is -2.12. The van der Waals surface area contributed by atoms with Gasteiger partial charge in [0.1, 0.15) is 0 Å². The van der Waals surface area contributed by atoms with E-state index in [2.05, 4.69) is 73.2 Å². The normalized spacial score (nSPS) is 11.8. The third kappa shape index (κ3) is 3.01. The van der Waals surface area contributed by atoms with Gasteiger partial charge >= 0.3 is 0 Å². The van der Waals surface area contributed by atoms with Crippen LogP contribution >= 0.6 is 0 Å². The van der Waals surface area contributed by atoms with Gasteiger partial charge in [-0.25, -0.2) is 4.98 Å². The van der Waals surface area contributed by atoms with Crippen molar-refractivity contribution >= 4 is 10.8 Å². The Labute approximate surface area is 153 Å². The summed E-state index contributed by atoms with van der Waals surface area (Å²) in [5, 5.41) is 2.53. The topological polar surface area (TPSA) is 38.9 Å². The van der Waals surface area contributed by atoms with E-state index in [4.69, 9.17) is 4.42 Å². The lowest BCUT2D eigenvalue weighted by atomic mass is 9.82. The van der Waals surface area contributed by atoms with Crippen molar-refractivity contribution in [3.63, 3.8) is 0 Å².